The zero-order valence-corrected chi connectivity index (χ0v) is 17.4. The van der Waals surface area contributed by atoms with Crippen LogP contribution in [0.3, 0.4) is 0 Å². The highest BCUT2D eigenvalue weighted by molar-refractivity contribution is 7.92. The number of hydrogen-bond donors (Lipinski definition) is 1. The minimum atomic E-state index is -3.26. The van der Waals surface area contributed by atoms with Crippen LogP contribution in [-0.2, 0) is 10.0 Å². The van der Waals surface area contributed by atoms with Crippen LogP contribution in [0.5, 0.6) is 11.5 Å². The molecule has 29 heavy (non-hydrogen) atoms. The number of hydrogen-bond acceptors (Lipinski definition) is 5. The Morgan fingerprint density at radius 1 is 1.10 bits per heavy atom. The summed E-state index contributed by atoms with van der Waals surface area (Å²) in [6, 6.07) is 13.7. The van der Waals surface area contributed by atoms with E-state index in [9.17, 15) is 13.2 Å². The Morgan fingerprint density at radius 2 is 1.79 bits per heavy atom. The van der Waals surface area contributed by atoms with Gasteiger partial charge < -0.3 is 14.8 Å². The lowest BCUT2D eigenvalue weighted by atomic mass is 10.1. The summed E-state index contributed by atoms with van der Waals surface area (Å²) in [5.74, 6) is 1.17. The number of nitrogens with one attached hydrogen (secondary N) is 1. The zero-order valence-electron chi connectivity index (χ0n) is 16.6. The van der Waals surface area contributed by atoms with E-state index >= 15 is 0 Å². The number of carbonyl (C=O) groups is 1. The van der Waals surface area contributed by atoms with Crippen LogP contribution in [0.15, 0.2) is 48.5 Å². The van der Waals surface area contributed by atoms with Crippen molar-refractivity contribution in [1.29, 1.82) is 0 Å². The molecule has 1 saturated heterocycles. The van der Waals surface area contributed by atoms with E-state index in [2.05, 4.69) is 5.32 Å². The van der Waals surface area contributed by atoms with Gasteiger partial charge in [-0.3, -0.25) is 9.10 Å². The van der Waals surface area contributed by atoms with Gasteiger partial charge in [0.2, 0.25) is 10.0 Å². The summed E-state index contributed by atoms with van der Waals surface area (Å²) < 4.78 is 36.8. The predicted molar refractivity (Wildman–Crippen MR) is 112 cm³/mol. The number of ether oxygens (including phenoxy) is 2. The smallest absolute Gasteiger partial charge is 0.251 e. The molecule has 0 aliphatic carbocycles. The first-order valence-electron chi connectivity index (χ1n) is 9.58. The van der Waals surface area contributed by atoms with Crippen molar-refractivity contribution in [3.8, 4) is 11.5 Å². The number of anilines is 1. The summed E-state index contributed by atoms with van der Waals surface area (Å²) in [6.07, 6.45) is 1.53. The molecule has 1 amide bonds. The van der Waals surface area contributed by atoms with E-state index in [1.165, 1.54) is 4.31 Å². The second-order valence-electron chi connectivity index (χ2n) is 6.98. The van der Waals surface area contributed by atoms with Crippen molar-refractivity contribution in [2.45, 2.75) is 25.8 Å². The SMILES string of the molecule is COc1ccccc1OC[C@H](C)NC(=O)c1ccc(N2CCCCS2(=O)=O)cc1. The number of carbonyl (C=O) groups excluding carboxylic acids is 1. The number of sulfonamides is 1. The minimum Gasteiger partial charge on any atom is -0.493 e. The van der Waals surface area contributed by atoms with Gasteiger partial charge in [0.15, 0.2) is 11.5 Å². The van der Waals surface area contributed by atoms with Gasteiger partial charge in [-0.05, 0) is 56.2 Å². The first-order chi connectivity index (χ1) is 13.9. The second kappa shape index (κ2) is 9.17. The molecule has 0 radical (unpaired) electrons. The largest absolute Gasteiger partial charge is 0.493 e. The minimum absolute atomic E-state index is 0.166. The van der Waals surface area contributed by atoms with Crippen LogP contribution in [0.2, 0.25) is 0 Å². The van der Waals surface area contributed by atoms with Crippen LogP contribution in [0, 0.1) is 0 Å². The maximum absolute atomic E-state index is 12.5. The van der Waals surface area contributed by atoms with Gasteiger partial charge in [0, 0.05) is 12.1 Å². The number of para-hydroxylation sites is 2. The molecule has 2 aromatic rings. The van der Waals surface area contributed by atoms with E-state index in [0.29, 0.717) is 35.7 Å². The molecule has 1 atom stereocenters. The summed E-state index contributed by atoms with van der Waals surface area (Å²) in [4.78, 5) is 12.5. The quantitative estimate of drug-likeness (QED) is 0.747. The lowest BCUT2D eigenvalue weighted by molar-refractivity contribution is 0.0926. The third-order valence-electron chi connectivity index (χ3n) is 4.70. The molecular weight excluding hydrogens is 392 g/mol. The molecule has 8 heteroatoms. The summed E-state index contributed by atoms with van der Waals surface area (Å²) in [5.41, 5.74) is 1.06. The molecule has 0 unspecified atom stereocenters. The Morgan fingerprint density at radius 3 is 2.45 bits per heavy atom. The highest BCUT2D eigenvalue weighted by atomic mass is 32.2. The fourth-order valence-corrected chi connectivity index (χ4v) is 4.80. The van der Waals surface area contributed by atoms with Crippen molar-refractivity contribution in [2.24, 2.45) is 0 Å². The summed E-state index contributed by atoms with van der Waals surface area (Å²) in [7, 11) is -1.69. The van der Waals surface area contributed by atoms with Gasteiger partial charge in [0.1, 0.15) is 6.61 Å². The topological polar surface area (TPSA) is 84.9 Å². The summed E-state index contributed by atoms with van der Waals surface area (Å²) in [6.45, 7) is 2.61. The van der Waals surface area contributed by atoms with Crippen LogP contribution in [-0.4, -0.2) is 46.4 Å². The van der Waals surface area contributed by atoms with Crippen molar-refractivity contribution >= 4 is 21.6 Å². The highest BCUT2D eigenvalue weighted by Gasteiger charge is 2.26. The third-order valence-corrected chi connectivity index (χ3v) is 6.57. The normalized spacial score (nSPS) is 16.7. The summed E-state index contributed by atoms with van der Waals surface area (Å²) >= 11 is 0. The van der Waals surface area contributed by atoms with E-state index in [-0.39, 0.29) is 24.3 Å². The molecule has 1 heterocycles. The Balaban J connectivity index is 1.57. The van der Waals surface area contributed by atoms with Gasteiger partial charge in [-0.15, -0.1) is 0 Å². The average molecular weight is 419 g/mol. The average Bonchev–Trinajstić information content (AvgIpc) is 2.72. The Kier molecular flexibility index (Phi) is 6.64. The third kappa shape index (κ3) is 5.20. The van der Waals surface area contributed by atoms with E-state index in [0.717, 1.165) is 6.42 Å². The van der Waals surface area contributed by atoms with E-state index in [1.807, 2.05) is 25.1 Å². The van der Waals surface area contributed by atoms with Gasteiger partial charge in [-0.25, -0.2) is 8.42 Å². The number of benzene rings is 2. The van der Waals surface area contributed by atoms with Crippen LogP contribution < -0.4 is 19.1 Å². The van der Waals surface area contributed by atoms with E-state index < -0.39 is 10.0 Å². The van der Waals surface area contributed by atoms with Crippen LogP contribution in [0.4, 0.5) is 5.69 Å². The molecule has 1 fully saturated rings. The van der Waals surface area contributed by atoms with Gasteiger partial charge in [-0.1, -0.05) is 12.1 Å². The monoisotopic (exact) mass is 418 g/mol. The molecule has 1 aliphatic rings. The maximum atomic E-state index is 12.5. The Hall–Kier alpha value is -2.74. The maximum Gasteiger partial charge on any atom is 0.251 e. The first kappa shape index (κ1) is 21.0. The Bertz CT molecular complexity index is 944. The molecule has 7 nitrogen and oxygen atoms in total. The standard InChI is InChI=1S/C21H26N2O5S/c1-16(15-28-20-8-4-3-7-19(20)27-2)22-21(24)17-9-11-18(12-10-17)23-13-5-6-14-29(23,25)26/h3-4,7-12,16H,5-6,13-15H2,1-2H3,(H,22,24)/t16-/m0/s1. The molecule has 0 spiro atoms. The fraction of sp³-hybridized carbons (Fsp3) is 0.381. The fourth-order valence-electron chi connectivity index (χ4n) is 3.16. The van der Waals surface area contributed by atoms with E-state index in [4.69, 9.17) is 9.47 Å². The van der Waals surface area contributed by atoms with Crippen molar-refractivity contribution < 1.29 is 22.7 Å². The number of nitrogens with zero attached hydrogens (tertiary/aromatic N) is 1. The number of methoxy groups -OCH3 is 1. The lowest BCUT2D eigenvalue weighted by Gasteiger charge is -2.28. The van der Waals surface area contributed by atoms with Crippen molar-refractivity contribution in [2.75, 3.05) is 30.3 Å². The molecule has 3 rings (SSSR count). The highest BCUT2D eigenvalue weighted by Crippen LogP contribution is 2.26. The molecule has 156 valence electrons. The number of rotatable bonds is 7. The molecule has 0 bridgehead atoms. The van der Waals surface area contributed by atoms with Crippen LogP contribution in [0.1, 0.15) is 30.1 Å². The molecule has 1 N–H and O–H groups in total. The van der Waals surface area contributed by atoms with Gasteiger partial charge in [0.25, 0.3) is 5.91 Å². The molecule has 2 aromatic carbocycles. The van der Waals surface area contributed by atoms with Gasteiger partial charge in [-0.2, -0.15) is 0 Å². The van der Waals surface area contributed by atoms with Crippen LogP contribution in [0.25, 0.3) is 0 Å². The Labute approximate surface area is 171 Å². The van der Waals surface area contributed by atoms with Crippen molar-refractivity contribution in [1.82, 2.24) is 5.32 Å². The molecule has 0 saturated carbocycles. The van der Waals surface area contributed by atoms with Crippen molar-refractivity contribution in [3.63, 3.8) is 0 Å². The van der Waals surface area contributed by atoms with E-state index in [1.54, 1.807) is 37.4 Å². The second-order valence-corrected chi connectivity index (χ2v) is 8.99. The summed E-state index contributed by atoms with van der Waals surface area (Å²) in [5, 5.41) is 2.88. The molecular formula is C21H26N2O5S. The lowest BCUT2D eigenvalue weighted by Crippen LogP contribution is -2.38. The molecule has 1 aliphatic heterocycles. The van der Waals surface area contributed by atoms with Gasteiger partial charge >= 0.3 is 0 Å². The predicted octanol–water partition coefficient (Wildman–Crippen LogP) is 2.82. The molecule has 0 aromatic heterocycles. The van der Waals surface area contributed by atoms with Crippen LogP contribution >= 0.6 is 0 Å². The van der Waals surface area contributed by atoms with Crippen molar-refractivity contribution in [3.05, 3.63) is 54.1 Å². The number of amides is 1. The first-order valence-corrected chi connectivity index (χ1v) is 11.2. The zero-order chi connectivity index (χ0) is 20.9. The van der Waals surface area contributed by atoms with Gasteiger partial charge in [0.05, 0.1) is 24.6 Å².